The Hall–Kier alpha value is -2.93. The third-order valence-corrected chi connectivity index (χ3v) is 4.47. The van der Waals surface area contributed by atoms with E-state index >= 15 is 0 Å². The number of aromatic amines is 1. The molecule has 0 aliphatic carbocycles. The number of anilines is 1. The van der Waals surface area contributed by atoms with Crippen molar-refractivity contribution in [2.75, 3.05) is 25.1 Å². The average Bonchev–Trinajstić information content (AvgIpc) is 2.99. The lowest BCUT2D eigenvalue weighted by atomic mass is 10.0. The predicted octanol–water partition coefficient (Wildman–Crippen LogP) is 2.36. The van der Waals surface area contributed by atoms with Gasteiger partial charge in [-0.2, -0.15) is 5.10 Å². The van der Waals surface area contributed by atoms with E-state index in [1.165, 1.54) is 6.08 Å². The Labute approximate surface area is 152 Å². The molecule has 26 heavy (non-hydrogen) atoms. The van der Waals surface area contributed by atoms with Crippen molar-refractivity contribution < 1.29 is 14.3 Å². The van der Waals surface area contributed by atoms with Crippen molar-refractivity contribution in [3.63, 3.8) is 0 Å². The summed E-state index contributed by atoms with van der Waals surface area (Å²) in [4.78, 5) is 26.4. The summed E-state index contributed by atoms with van der Waals surface area (Å²) in [5.74, 6) is -0.420. The number of carbonyl (C=O) groups excluding carboxylic acids is 2. The number of hydrogen-bond donors (Lipinski definition) is 2. The number of benzene rings is 1. The summed E-state index contributed by atoms with van der Waals surface area (Å²) >= 11 is 0. The van der Waals surface area contributed by atoms with E-state index in [1.807, 2.05) is 18.7 Å². The van der Waals surface area contributed by atoms with Crippen LogP contribution in [-0.2, 0) is 9.53 Å². The minimum absolute atomic E-state index is 0.104. The number of amides is 2. The van der Waals surface area contributed by atoms with Crippen molar-refractivity contribution >= 4 is 17.5 Å². The largest absolute Gasteiger partial charge is 0.377 e. The maximum absolute atomic E-state index is 13.1. The van der Waals surface area contributed by atoms with Crippen LogP contribution in [-0.4, -0.2) is 46.7 Å². The molecule has 1 aliphatic heterocycles. The van der Waals surface area contributed by atoms with Crippen LogP contribution in [0.2, 0.25) is 0 Å². The van der Waals surface area contributed by atoms with Gasteiger partial charge in [0.05, 0.1) is 24.9 Å². The van der Waals surface area contributed by atoms with Crippen LogP contribution in [0, 0.1) is 13.8 Å². The van der Waals surface area contributed by atoms with Gasteiger partial charge in [0.2, 0.25) is 5.91 Å². The molecule has 2 heterocycles. The Morgan fingerprint density at radius 3 is 2.92 bits per heavy atom. The van der Waals surface area contributed by atoms with Crippen molar-refractivity contribution in [2.24, 2.45) is 0 Å². The molecule has 1 atom stereocenters. The topological polar surface area (TPSA) is 87.3 Å². The first kappa shape index (κ1) is 17.9. The first-order valence-corrected chi connectivity index (χ1v) is 8.45. The van der Waals surface area contributed by atoms with Crippen molar-refractivity contribution in [1.29, 1.82) is 0 Å². The van der Waals surface area contributed by atoms with Gasteiger partial charge in [-0.05, 0) is 38.1 Å². The van der Waals surface area contributed by atoms with Crippen molar-refractivity contribution in [3.05, 3.63) is 59.4 Å². The number of aryl methyl sites for hydroxylation is 2. The highest BCUT2D eigenvalue weighted by atomic mass is 16.5. The minimum atomic E-state index is -0.316. The number of H-pyrrole nitrogens is 1. The van der Waals surface area contributed by atoms with Gasteiger partial charge in [0.1, 0.15) is 0 Å². The second-order valence-corrected chi connectivity index (χ2v) is 6.21. The molecule has 1 aliphatic rings. The fraction of sp³-hybridized carbons (Fsp3) is 0.316. The number of nitrogens with zero attached hydrogens (tertiary/aromatic N) is 2. The van der Waals surface area contributed by atoms with Gasteiger partial charge in [-0.15, -0.1) is 0 Å². The number of hydrogen-bond acceptors (Lipinski definition) is 4. The van der Waals surface area contributed by atoms with Gasteiger partial charge in [0, 0.05) is 29.1 Å². The zero-order valence-electron chi connectivity index (χ0n) is 14.9. The predicted molar refractivity (Wildman–Crippen MR) is 97.9 cm³/mol. The van der Waals surface area contributed by atoms with E-state index in [4.69, 9.17) is 4.74 Å². The van der Waals surface area contributed by atoms with E-state index in [1.54, 1.807) is 24.3 Å². The molecule has 0 bridgehead atoms. The van der Waals surface area contributed by atoms with E-state index in [2.05, 4.69) is 22.1 Å². The first-order valence-electron chi connectivity index (χ1n) is 8.45. The molecule has 1 aromatic carbocycles. The van der Waals surface area contributed by atoms with Crippen molar-refractivity contribution in [3.8, 4) is 0 Å². The van der Waals surface area contributed by atoms with Crippen LogP contribution < -0.4 is 5.32 Å². The Morgan fingerprint density at radius 2 is 2.23 bits per heavy atom. The van der Waals surface area contributed by atoms with Gasteiger partial charge in [0.15, 0.2) is 0 Å². The summed E-state index contributed by atoms with van der Waals surface area (Å²) in [5.41, 5.74) is 3.86. The smallest absolute Gasteiger partial charge is 0.254 e. The van der Waals surface area contributed by atoms with Crippen molar-refractivity contribution in [1.82, 2.24) is 15.1 Å². The third-order valence-electron chi connectivity index (χ3n) is 4.47. The average molecular weight is 354 g/mol. The molecule has 2 N–H and O–H groups in total. The molecule has 7 heteroatoms. The number of rotatable bonds is 4. The molecule has 2 amide bonds. The monoisotopic (exact) mass is 354 g/mol. The van der Waals surface area contributed by atoms with E-state index in [0.29, 0.717) is 31.0 Å². The van der Waals surface area contributed by atoms with Gasteiger partial charge < -0.3 is 15.0 Å². The second kappa shape index (κ2) is 7.53. The van der Waals surface area contributed by atoms with E-state index < -0.39 is 0 Å². The van der Waals surface area contributed by atoms with E-state index in [0.717, 1.165) is 17.0 Å². The van der Waals surface area contributed by atoms with Gasteiger partial charge >= 0.3 is 0 Å². The maximum atomic E-state index is 13.1. The fourth-order valence-electron chi connectivity index (χ4n) is 3.23. The number of aromatic nitrogens is 2. The number of ether oxygens (including phenoxy) is 1. The molecule has 1 fully saturated rings. The van der Waals surface area contributed by atoms with Crippen LogP contribution in [0.4, 0.5) is 5.69 Å². The van der Waals surface area contributed by atoms with Gasteiger partial charge in [0.25, 0.3) is 5.91 Å². The summed E-state index contributed by atoms with van der Waals surface area (Å²) in [5, 5.41) is 9.89. The Balaban J connectivity index is 1.89. The molecule has 7 nitrogen and oxygen atoms in total. The van der Waals surface area contributed by atoms with E-state index in [-0.39, 0.29) is 17.9 Å². The van der Waals surface area contributed by atoms with Crippen LogP contribution >= 0.6 is 0 Å². The SMILES string of the molecule is C=CC(=O)Nc1cccc(C(=O)N2CCOCC2c2c(C)n[nH]c2C)c1. The van der Waals surface area contributed by atoms with Gasteiger partial charge in [-0.1, -0.05) is 12.6 Å². The molecule has 136 valence electrons. The fourth-order valence-corrected chi connectivity index (χ4v) is 3.23. The first-order chi connectivity index (χ1) is 12.5. The molecule has 0 radical (unpaired) electrons. The number of nitrogens with one attached hydrogen (secondary N) is 2. The Bertz CT molecular complexity index is 824. The highest BCUT2D eigenvalue weighted by Gasteiger charge is 2.32. The summed E-state index contributed by atoms with van der Waals surface area (Å²) in [7, 11) is 0. The number of carbonyl (C=O) groups is 2. The summed E-state index contributed by atoms with van der Waals surface area (Å²) in [6.45, 7) is 8.71. The molecular weight excluding hydrogens is 332 g/mol. The van der Waals surface area contributed by atoms with Crippen LogP contribution in [0.5, 0.6) is 0 Å². The molecular formula is C19H22N4O3. The number of morpholine rings is 1. The molecule has 1 aromatic heterocycles. The molecule has 0 saturated carbocycles. The molecule has 0 spiro atoms. The molecule has 1 unspecified atom stereocenters. The molecule has 1 saturated heterocycles. The lowest BCUT2D eigenvalue weighted by molar-refractivity contribution is -0.111. The Kier molecular flexibility index (Phi) is 5.18. The van der Waals surface area contributed by atoms with Crippen LogP contribution in [0.1, 0.15) is 33.4 Å². The summed E-state index contributed by atoms with van der Waals surface area (Å²) < 4.78 is 5.62. The van der Waals surface area contributed by atoms with Crippen LogP contribution in [0.25, 0.3) is 0 Å². The summed E-state index contributed by atoms with van der Waals surface area (Å²) in [6.07, 6.45) is 1.19. The Morgan fingerprint density at radius 1 is 1.42 bits per heavy atom. The zero-order chi connectivity index (χ0) is 18.7. The van der Waals surface area contributed by atoms with Crippen molar-refractivity contribution in [2.45, 2.75) is 19.9 Å². The lowest BCUT2D eigenvalue weighted by Gasteiger charge is -2.36. The normalized spacial score (nSPS) is 17.0. The molecule has 3 rings (SSSR count). The highest BCUT2D eigenvalue weighted by molar-refractivity contribution is 6.00. The summed E-state index contributed by atoms with van der Waals surface area (Å²) in [6, 6.07) is 6.70. The lowest BCUT2D eigenvalue weighted by Crippen LogP contribution is -2.43. The van der Waals surface area contributed by atoms with Gasteiger partial charge in [-0.3, -0.25) is 14.7 Å². The third kappa shape index (κ3) is 3.52. The minimum Gasteiger partial charge on any atom is -0.377 e. The second-order valence-electron chi connectivity index (χ2n) is 6.21. The van der Waals surface area contributed by atoms with Crippen LogP contribution in [0.3, 0.4) is 0 Å². The quantitative estimate of drug-likeness (QED) is 0.825. The van der Waals surface area contributed by atoms with Crippen LogP contribution in [0.15, 0.2) is 36.9 Å². The van der Waals surface area contributed by atoms with Gasteiger partial charge in [-0.25, -0.2) is 0 Å². The van der Waals surface area contributed by atoms with E-state index in [9.17, 15) is 9.59 Å². The standard InChI is InChI=1S/C19H22N4O3/c1-4-17(24)20-15-7-5-6-14(10-15)19(25)23-8-9-26-11-16(23)18-12(2)21-22-13(18)3/h4-7,10,16H,1,8-9,11H2,2-3H3,(H,20,24)(H,21,22). The highest BCUT2D eigenvalue weighted by Crippen LogP contribution is 2.30. The maximum Gasteiger partial charge on any atom is 0.254 e. The molecule has 2 aromatic rings. The zero-order valence-corrected chi connectivity index (χ0v) is 14.9.